The summed E-state index contributed by atoms with van der Waals surface area (Å²) in [5.41, 5.74) is 3.76. The summed E-state index contributed by atoms with van der Waals surface area (Å²) in [6, 6.07) is 15.3. The van der Waals surface area contributed by atoms with Crippen LogP contribution >= 0.6 is 11.8 Å². The van der Waals surface area contributed by atoms with E-state index in [1.54, 1.807) is 0 Å². The second-order valence-electron chi connectivity index (χ2n) is 5.70. The normalized spacial score (nSPS) is 19.6. The number of para-hydroxylation sites is 1. The van der Waals surface area contributed by atoms with Gasteiger partial charge < -0.3 is 10.2 Å². The van der Waals surface area contributed by atoms with E-state index in [-0.39, 0.29) is 11.9 Å². The fourth-order valence-corrected chi connectivity index (χ4v) is 4.42. The third-order valence-electron chi connectivity index (χ3n) is 4.36. The summed E-state index contributed by atoms with van der Waals surface area (Å²) < 4.78 is 0. The number of benzene rings is 2. The molecule has 1 N–H and O–H groups in total. The smallest absolute Gasteiger partial charge is 0.220 e. The van der Waals surface area contributed by atoms with Crippen LogP contribution in [0.3, 0.4) is 0 Å². The third kappa shape index (κ3) is 2.18. The van der Waals surface area contributed by atoms with E-state index in [2.05, 4.69) is 59.6 Å². The number of fused-ring (bicyclic) bond motifs is 2. The van der Waals surface area contributed by atoms with E-state index < -0.39 is 0 Å². The van der Waals surface area contributed by atoms with Gasteiger partial charge in [0, 0.05) is 22.8 Å². The fraction of sp³-hybridized carbons (Fsp3) is 0.278. The molecule has 1 amide bonds. The molecule has 0 aromatic heterocycles. The molecular formula is C18H18N2OS. The van der Waals surface area contributed by atoms with Gasteiger partial charge in [0.05, 0.1) is 17.4 Å². The molecule has 0 radical (unpaired) electrons. The molecule has 1 fully saturated rings. The predicted octanol–water partition coefficient (Wildman–Crippen LogP) is 4.26. The van der Waals surface area contributed by atoms with Crippen LogP contribution in [0.1, 0.15) is 31.4 Å². The Morgan fingerprint density at radius 3 is 2.77 bits per heavy atom. The zero-order valence-electron chi connectivity index (χ0n) is 12.5. The van der Waals surface area contributed by atoms with Gasteiger partial charge in [0.15, 0.2) is 0 Å². The molecule has 2 aliphatic rings. The first-order chi connectivity index (χ1) is 10.8. The van der Waals surface area contributed by atoms with Crippen molar-refractivity contribution in [2.75, 3.05) is 11.4 Å². The van der Waals surface area contributed by atoms with Crippen LogP contribution in [0, 0.1) is 0 Å². The zero-order valence-corrected chi connectivity index (χ0v) is 13.3. The van der Waals surface area contributed by atoms with Gasteiger partial charge in [-0.25, -0.2) is 0 Å². The van der Waals surface area contributed by atoms with E-state index in [4.69, 9.17) is 0 Å². The molecule has 1 saturated heterocycles. The SMILES string of the molecule is CCN1c2ccccc2Sc2cc(C3CCC(=O)N3)ccc21. The largest absolute Gasteiger partial charge is 0.349 e. The summed E-state index contributed by atoms with van der Waals surface area (Å²) in [5, 5.41) is 3.06. The average Bonchev–Trinajstić information content (AvgIpc) is 2.98. The quantitative estimate of drug-likeness (QED) is 0.899. The van der Waals surface area contributed by atoms with Gasteiger partial charge in [-0.15, -0.1) is 0 Å². The summed E-state index contributed by atoms with van der Waals surface area (Å²) in [4.78, 5) is 16.4. The van der Waals surface area contributed by atoms with Gasteiger partial charge in [-0.3, -0.25) is 4.79 Å². The first-order valence-corrected chi connectivity index (χ1v) is 8.55. The summed E-state index contributed by atoms with van der Waals surface area (Å²) in [7, 11) is 0. The summed E-state index contributed by atoms with van der Waals surface area (Å²) >= 11 is 1.82. The Kier molecular flexibility index (Phi) is 3.34. The van der Waals surface area contributed by atoms with Crippen molar-refractivity contribution < 1.29 is 4.79 Å². The van der Waals surface area contributed by atoms with Crippen LogP contribution in [0.4, 0.5) is 11.4 Å². The van der Waals surface area contributed by atoms with Gasteiger partial charge in [0.2, 0.25) is 5.91 Å². The number of carbonyl (C=O) groups is 1. The number of hydrogen-bond donors (Lipinski definition) is 1. The van der Waals surface area contributed by atoms with Crippen molar-refractivity contribution in [3.63, 3.8) is 0 Å². The third-order valence-corrected chi connectivity index (χ3v) is 5.48. The second-order valence-corrected chi connectivity index (χ2v) is 6.78. The number of anilines is 2. The second kappa shape index (κ2) is 5.36. The van der Waals surface area contributed by atoms with Crippen LogP contribution in [0.25, 0.3) is 0 Å². The number of hydrogen-bond acceptors (Lipinski definition) is 3. The maximum absolute atomic E-state index is 11.5. The van der Waals surface area contributed by atoms with Crippen molar-refractivity contribution in [3.8, 4) is 0 Å². The summed E-state index contributed by atoms with van der Waals surface area (Å²) in [5.74, 6) is 0.163. The fourth-order valence-electron chi connectivity index (χ4n) is 3.27. The standard InChI is InChI=1S/C18H18N2OS/c1-2-20-14-5-3-4-6-16(14)22-17-11-12(7-9-15(17)20)13-8-10-18(21)19-13/h3-7,9,11,13H,2,8,10H2,1H3,(H,19,21). The Labute approximate surface area is 134 Å². The zero-order chi connectivity index (χ0) is 15.1. The van der Waals surface area contributed by atoms with Crippen LogP contribution in [0.15, 0.2) is 52.3 Å². The van der Waals surface area contributed by atoms with Crippen molar-refractivity contribution in [2.24, 2.45) is 0 Å². The van der Waals surface area contributed by atoms with E-state index in [1.807, 2.05) is 11.8 Å². The molecule has 2 heterocycles. The van der Waals surface area contributed by atoms with Crippen LogP contribution in [0.2, 0.25) is 0 Å². The maximum atomic E-state index is 11.5. The summed E-state index contributed by atoms with van der Waals surface area (Å²) in [6.45, 7) is 3.13. The number of nitrogens with one attached hydrogen (secondary N) is 1. The molecule has 0 saturated carbocycles. The highest BCUT2D eigenvalue weighted by Gasteiger charge is 2.26. The maximum Gasteiger partial charge on any atom is 0.220 e. The van der Waals surface area contributed by atoms with Crippen LogP contribution in [-0.2, 0) is 4.79 Å². The molecule has 1 atom stereocenters. The first kappa shape index (κ1) is 13.7. The Morgan fingerprint density at radius 1 is 1.18 bits per heavy atom. The molecular weight excluding hydrogens is 292 g/mol. The van der Waals surface area contributed by atoms with E-state index in [0.717, 1.165) is 13.0 Å². The molecule has 2 aromatic carbocycles. The van der Waals surface area contributed by atoms with Gasteiger partial charge in [-0.2, -0.15) is 0 Å². The van der Waals surface area contributed by atoms with E-state index in [9.17, 15) is 4.79 Å². The molecule has 2 aliphatic heterocycles. The lowest BCUT2D eigenvalue weighted by molar-refractivity contribution is -0.119. The monoisotopic (exact) mass is 310 g/mol. The molecule has 1 unspecified atom stereocenters. The highest BCUT2D eigenvalue weighted by Crippen LogP contribution is 2.48. The number of nitrogens with zero attached hydrogens (tertiary/aromatic N) is 1. The van der Waals surface area contributed by atoms with Crippen molar-refractivity contribution in [1.82, 2.24) is 5.32 Å². The van der Waals surface area contributed by atoms with E-state index >= 15 is 0 Å². The Bertz CT molecular complexity index is 744. The van der Waals surface area contributed by atoms with Gasteiger partial charge in [-0.05, 0) is 43.2 Å². The molecule has 0 aliphatic carbocycles. The molecule has 0 spiro atoms. The minimum atomic E-state index is 0.163. The van der Waals surface area contributed by atoms with Gasteiger partial charge in [0.1, 0.15) is 0 Å². The number of carbonyl (C=O) groups excluding carboxylic acids is 1. The first-order valence-electron chi connectivity index (χ1n) is 7.74. The van der Waals surface area contributed by atoms with Crippen molar-refractivity contribution >= 4 is 29.0 Å². The lowest BCUT2D eigenvalue weighted by atomic mass is 10.0. The Balaban J connectivity index is 1.74. The van der Waals surface area contributed by atoms with Crippen molar-refractivity contribution in [1.29, 1.82) is 0 Å². The highest BCUT2D eigenvalue weighted by molar-refractivity contribution is 7.99. The highest BCUT2D eigenvalue weighted by atomic mass is 32.2. The molecule has 3 nitrogen and oxygen atoms in total. The lowest BCUT2D eigenvalue weighted by Crippen LogP contribution is -2.21. The summed E-state index contributed by atoms with van der Waals surface area (Å²) in [6.07, 6.45) is 1.54. The van der Waals surface area contributed by atoms with Crippen LogP contribution in [0.5, 0.6) is 0 Å². The van der Waals surface area contributed by atoms with Crippen molar-refractivity contribution in [3.05, 3.63) is 48.0 Å². The van der Waals surface area contributed by atoms with Gasteiger partial charge in [-0.1, -0.05) is 30.0 Å². The molecule has 0 bridgehead atoms. The number of rotatable bonds is 2. The molecule has 4 rings (SSSR count). The molecule has 22 heavy (non-hydrogen) atoms. The number of amides is 1. The van der Waals surface area contributed by atoms with Crippen LogP contribution < -0.4 is 10.2 Å². The van der Waals surface area contributed by atoms with Gasteiger partial charge >= 0.3 is 0 Å². The van der Waals surface area contributed by atoms with Gasteiger partial charge in [0.25, 0.3) is 0 Å². The van der Waals surface area contributed by atoms with E-state index in [0.29, 0.717) is 6.42 Å². The lowest BCUT2D eigenvalue weighted by Gasteiger charge is -2.32. The van der Waals surface area contributed by atoms with Crippen molar-refractivity contribution in [2.45, 2.75) is 35.6 Å². The average molecular weight is 310 g/mol. The minimum Gasteiger partial charge on any atom is -0.349 e. The van der Waals surface area contributed by atoms with E-state index in [1.165, 1.54) is 26.7 Å². The predicted molar refractivity (Wildman–Crippen MR) is 89.8 cm³/mol. The minimum absolute atomic E-state index is 0.163. The topological polar surface area (TPSA) is 32.3 Å². The Morgan fingerprint density at radius 2 is 2.00 bits per heavy atom. The Hall–Kier alpha value is -1.94. The molecule has 2 aromatic rings. The van der Waals surface area contributed by atoms with Crippen LogP contribution in [-0.4, -0.2) is 12.5 Å². The molecule has 4 heteroatoms. The molecule has 112 valence electrons.